The fraction of sp³-hybridized carbons (Fsp3) is 0.200. The number of aryl methyl sites for hydroxylation is 1. The minimum atomic E-state index is -4.29. The summed E-state index contributed by atoms with van der Waals surface area (Å²) in [5, 5.41) is 0. The number of fused-ring (bicyclic) bond motifs is 1. The van der Waals surface area contributed by atoms with Crippen LogP contribution in [0.2, 0.25) is 0 Å². The number of nitrogens with zero attached hydrogens (tertiary/aromatic N) is 3. The largest absolute Gasteiger partial charge is 0.493 e. The monoisotopic (exact) mass is 463 g/mol. The fourth-order valence-electron chi connectivity index (χ4n) is 3.58. The van der Waals surface area contributed by atoms with Crippen molar-refractivity contribution in [3.8, 4) is 17.0 Å². The number of ether oxygens (including phenoxy) is 1. The first-order valence-electron chi connectivity index (χ1n) is 10.4. The first-order valence-corrected chi connectivity index (χ1v) is 11.9. The van der Waals surface area contributed by atoms with Crippen LogP contribution in [-0.4, -0.2) is 43.6 Å². The fourth-order valence-corrected chi connectivity index (χ4v) is 4.32. The molecule has 33 heavy (non-hydrogen) atoms. The average Bonchev–Trinajstić information content (AvgIpc) is 2.78. The standard InChI is InChI=1S/C25H25N3O4S/c1-17-4-11-25(33(29,30)31)19(14-17)12-13-32-21-9-10-22-23(15-21)27-24(16-26-22)18-5-7-20(8-6-18)28(2)3/h4-11,14-16H,12-13H2,1-3H3,(H,29,30,31). The molecule has 7 nitrogen and oxygen atoms in total. The van der Waals surface area contributed by atoms with Gasteiger partial charge in [0.1, 0.15) is 5.75 Å². The molecule has 0 saturated carbocycles. The van der Waals surface area contributed by atoms with E-state index in [9.17, 15) is 13.0 Å². The van der Waals surface area contributed by atoms with Gasteiger partial charge in [0, 0.05) is 37.8 Å². The van der Waals surface area contributed by atoms with Gasteiger partial charge in [-0.2, -0.15) is 8.42 Å². The molecule has 170 valence electrons. The molecule has 0 unspecified atom stereocenters. The van der Waals surface area contributed by atoms with E-state index in [1.807, 2.05) is 68.4 Å². The summed E-state index contributed by atoms with van der Waals surface area (Å²) in [5.74, 6) is 0.609. The van der Waals surface area contributed by atoms with E-state index in [0.29, 0.717) is 23.3 Å². The highest BCUT2D eigenvalue weighted by atomic mass is 32.2. The number of benzene rings is 3. The second-order valence-corrected chi connectivity index (χ2v) is 9.42. The first kappa shape index (κ1) is 22.7. The summed E-state index contributed by atoms with van der Waals surface area (Å²) in [4.78, 5) is 11.2. The molecule has 0 bridgehead atoms. The van der Waals surface area contributed by atoms with Crippen LogP contribution >= 0.6 is 0 Å². The molecule has 0 saturated heterocycles. The van der Waals surface area contributed by atoms with Crippen LogP contribution in [-0.2, 0) is 16.5 Å². The smallest absolute Gasteiger partial charge is 0.294 e. The second-order valence-electron chi connectivity index (χ2n) is 8.03. The van der Waals surface area contributed by atoms with E-state index in [1.165, 1.54) is 6.07 Å². The molecular formula is C25H25N3O4S. The Morgan fingerprint density at radius 1 is 0.970 bits per heavy atom. The molecule has 0 aliphatic rings. The van der Waals surface area contributed by atoms with Gasteiger partial charge in [-0.1, -0.05) is 29.8 Å². The number of anilines is 1. The lowest BCUT2D eigenvalue weighted by Gasteiger charge is -2.12. The highest BCUT2D eigenvalue weighted by Crippen LogP contribution is 2.25. The van der Waals surface area contributed by atoms with Gasteiger partial charge in [-0.25, -0.2) is 4.98 Å². The van der Waals surface area contributed by atoms with Crippen molar-refractivity contribution in [3.63, 3.8) is 0 Å². The van der Waals surface area contributed by atoms with Crippen LogP contribution in [0.15, 0.2) is 71.8 Å². The van der Waals surface area contributed by atoms with Gasteiger partial charge in [0.15, 0.2) is 0 Å². The maximum atomic E-state index is 11.6. The Morgan fingerprint density at radius 3 is 2.42 bits per heavy atom. The van der Waals surface area contributed by atoms with Crippen LogP contribution in [0.4, 0.5) is 5.69 Å². The van der Waals surface area contributed by atoms with E-state index in [-0.39, 0.29) is 11.5 Å². The quantitative estimate of drug-likeness (QED) is 0.402. The highest BCUT2D eigenvalue weighted by molar-refractivity contribution is 7.85. The van der Waals surface area contributed by atoms with Crippen LogP contribution in [0.5, 0.6) is 5.75 Å². The molecule has 1 heterocycles. The number of hydrogen-bond acceptors (Lipinski definition) is 6. The molecule has 4 aromatic rings. The zero-order valence-electron chi connectivity index (χ0n) is 18.7. The van der Waals surface area contributed by atoms with E-state index in [1.54, 1.807) is 18.3 Å². The van der Waals surface area contributed by atoms with Gasteiger partial charge in [0.2, 0.25) is 0 Å². The first-order chi connectivity index (χ1) is 15.7. The summed E-state index contributed by atoms with van der Waals surface area (Å²) >= 11 is 0. The maximum Gasteiger partial charge on any atom is 0.294 e. The predicted octanol–water partition coefficient (Wildman–Crippen LogP) is 4.54. The van der Waals surface area contributed by atoms with Crippen molar-refractivity contribution < 1.29 is 17.7 Å². The van der Waals surface area contributed by atoms with Gasteiger partial charge < -0.3 is 9.64 Å². The van der Waals surface area contributed by atoms with Crippen molar-refractivity contribution >= 4 is 26.8 Å². The van der Waals surface area contributed by atoms with E-state index in [2.05, 4.69) is 4.98 Å². The molecule has 0 aliphatic carbocycles. The second kappa shape index (κ2) is 9.17. The molecule has 0 atom stereocenters. The van der Waals surface area contributed by atoms with E-state index >= 15 is 0 Å². The molecule has 3 aromatic carbocycles. The van der Waals surface area contributed by atoms with Gasteiger partial charge in [0.25, 0.3) is 10.1 Å². The summed E-state index contributed by atoms with van der Waals surface area (Å²) in [7, 11) is -0.300. The molecule has 8 heteroatoms. The van der Waals surface area contributed by atoms with Crippen molar-refractivity contribution in [2.45, 2.75) is 18.2 Å². The van der Waals surface area contributed by atoms with Gasteiger partial charge >= 0.3 is 0 Å². The van der Waals surface area contributed by atoms with Gasteiger partial charge in [-0.15, -0.1) is 0 Å². The number of rotatable bonds is 7. The average molecular weight is 464 g/mol. The van der Waals surface area contributed by atoms with Crippen LogP contribution < -0.4 is 9.64 Å². The molecular weight excluding hydrogens is 438 g/mol. The Morgan fingerprint density at radius 2 is 1.73 bits per heavy atom. The SMILES string of the molecule is Cc1ccc(S(=O)(=O)O)c(CCOc2ccc3ncc(-c4ccc(N(C)C)cc4)nc3c2)c1. The van der Waals surface area contributed by atoms with E-state index in [0.717, 1.165) is 28.0 Å². The molecule has 0 spiro atoms. The summed E-state index contributed by atoms with van der Waals surface area (Å²) in [6.07, 6.45) is 2.08. The third kappa shape index (κ3) is 5.30. The Labute approximate surface area is 193 Å². The summed E-state index contributed by atoms with van der Waals surface area (Å²) in [6, 6.07) is 18.4. The van der Waals surface area contributed by atoms with E-state index < -0.39 is 10.1 Å². The topological polar surface area (TPSA) is 92.6 Å². The Bertz CT molecular complexity index is 1400. The number of hydrogen-bond donors (Lipinski definition) is 1. The van der Waals surface area contributed by atoms with Crippen LogP contribution in [0.3, 0.4) is 0 Å². The minimum absolute atomic E-state index is 0.0917. The van der Waals surface area contributed by atoms with Crippen molar-refractivity contribution in [2.24, 2.45) is 0 Å². The maximum absolute atomic E-state index is 11.6. The van der Waals surface area contributed by atoms with Gasteiger partial charge in [-0.3, -0.25) is 9.54 Å². The Kier molecular flexibility index (Phi) is 6.31. The Balaban J connectivity index is 1.52. The zero-order chi connectivity index (χ0) is 23.6. The molecule has 4 rings (SSSR count). The molecule has 0 amide bonds. The molecule has 0 aliphatic heterocycles. The highest BCUT2D eigenvalue weighted by Gasteiger charge is 2.15. The summed E-state index contributed by atoms with van der Waals surface area (Å²) < 4.78 is 38.6. The van der Waals surface area contributed by atoms with Crippen LogP contribution in [0.1, 0.15) is 11.1 Å². The normalized spacial score (nSPS) is 11.5. The lowest BCUT2D eigenvalue weighted by molar-refractivity contribution is 0.321. The molecule has 1 N–H and O–H groups in total. The third-order valence-corrected chi connectivity index (χ3v) is 6.28. The van der Waals surface area contributed by atoms with Crippen molar-refractivity contribution in [2.75, 3.05) is 25.6 Å². The van der Waals surface area contributed by atoms with Crippen molar-refractivity contribution in [3.05, 3.63) is 78.0 Å². The van der Waals surface area contributed by atoms with Crippen LogP contribution in [0, 0.1) is 6.92 Å². The van der Waals surface area contributed by atoms with Crippen molar-refractivity contribution in [1.82, 2.24) is 9.97 Å². The number of aromatic nitrogens is 2. The molecule has 0 fully saturated rings. The van der Waals surface area contributed by atoms with Gasteiger partial charge in [-0.05, 0) is 42.8 Å². The van der Waals surface area contributed by atoms with Crippen LogP contribution in [0.25, 0.3) is 22.3 Å². The lowest BCUT2D eigenvalue weighted by atomic mass is 10.1. The summed E-state index contributed by atoms with van der Waals surface area (Å²) in [5.41, 5.74) is 5.72. The lowest BCUT2D eigenvalue weighted by Crippen LogP contribution is -2.08. The van der Waals surface area contributed by atoms with Crippen molar-refractivity contribution in [1.29, 1.82) is 0 Å². The Hall–Kier alpha value is -3.49. The predicted molar refractivity (Wildman–Crippen MR) is 129 cm³/mol. The molecule has 1 aromatic heterocycles. The minimum Gasteiger partial charge on any atom is -0.493 e. The third-order valence-electron chi connectivity index (χ3n) is 5.33. The van der Waals surface area contributed by atoms with E-state index in [4.69, 9.17) is 9.72 Å². The zero-order valence-corrected chi connectivity index (χ0v) is 19.5. The summed E-state index contributed by atoms with van der Waals surface area (Å²) in [6.45, 7) is 2.11. The van der Waals surface area contributed by atoms with Gasteiger partial charge in [0.05, 0.1) is 34.4 Å². The molecule has 0 radical (unpaired) electrons.